The van der Waals surface area contributed by atoms with Crippen LogP contribution in [0.1, 0.15) is 33.6 Å². The fraction of sp³-hybridized carbons (Fsp3) is 0.438. The lowest BCUT2D eigenvalue weighted by Crippen LogP contribution is -2.19. The maximum absolute atomic E-state index is 11.8. The molecule has 0 aliphatic heterocycles. The second kappa shape index (κ2) is 9.45. The van der Waals surface area contributed by atoms with Gasteiger partial charge in [-0.15, -0.1) is 0 Å². The highest BCUT2D eigenvalue weighted by Gasteiger charge is 2.05. The number of hydrogen-bond acceptors (Lipinski definition) is 4. The van der Waals surface area contributed by atoms with E-state index in [1.54, 1.807) is 24.3 Å². The van der Waals surface area contributed by atoms with E-state index < -0.39 is 0 Å². The van der Waals surface area contributed by atoms with Crippen molar-refractivity contribution in [2.45, 2.75) is 33.6 Å². The van der Waals surface area contributed by atoms with E-state index in [-0.39, 0.29) is 18.4 Å². The van der Waals surface area contributed by atoms with Crippen molar-refractivity contribution in [1.82, 2.24) is 0 Å². The SMILES string of the molecule is CC(=O)Nc1cccc(NC(=O)CO/N=C(\N)CCC(C)C)c1. The van der Waals surface area contributed by atoms with Crippen LogP contribution in [0.15, 0.2) is 29.4 Å². The Balaban J connectivity index is 2.42. The number of rotatable bonds is 8. The molecule has 0 radical (unpaired) electrons. The predicted octanol–water partition coefficient (Wildman–Crippen LogP) is 2.31. The molecule has 1 aromatic rings. The smallest absolute Gasteiger partial charge is 0.265 e. The summed E-state index contributed by atoms with van der Waals surface area (Å²) in [6.45, 7) is 5.38. The highest BCUT2D eigenvalue weighted by molar-refractivity contribution is 5.94. The fourth-order valence-electron chi connectivity index (χ4n) is 1.73. The Morgan fingerprint density at radius 3 is 2.52 bits per heavy atom. The molecule has 0 atom stereocenters. The Hall–Kier alpha value is -2.57. The molecule has 2 amide bonds. The summed E-state index contributed by atoms with van der Waals surface area (Å²) >= 11 is 0. The van der Waals surface area contributed by atoms with Crippen molar-refractivity contribution < 1.29 is 14.4 Å². The van der Waals surface area contributed by atoms with Gasteiger partial charge in [0.05, 0.1) is 0 Å². The normalized spacial score (nSPS) is 11.2. The number of oxime groups is 1. The van der Waals surface area contributed by atoms with Gasteiger partial charge in [-0.05, 0) is 30.5 Å². The number of nitrogens with zero attached hydrogens (tertiary/aromatic N) is 1. The van der Waals surface area contributed by atoms with Gasteiger partial charge in [0.2, 0.25) is 5.91 Å². The Labute approximate surface area is 136 Å². The number of nitrogens with two attached hydrogens (primary N) is 1. The third-order valence-corrected chi connectivity index (χ3v) is 2.82. The predicted molar refractivity (Wildman–Crippen MR) is 91.0 cm³/mol. The summed E-state index contributed by atoms with van der Waals surface area (Å²) in [5.41, 5.74) is 6.84. The van der Waals surface area contributed by atoms with Crippen molar-refractivity contribution in [1.29, 1.82) is 0 Å². The summed E-state index contributed by atoms with van der Waals surface area (Å²) in [5.74, 6) is 0.371. The van der Waals surface area contributed by atoms with Gasteiger partial charge < -0.3 is 21.2 Å². The average Bonchev–Trinajstić information content (AvgIpc) is 2.44. The molecule has 0 saturated heterocycles. The van der Waals surface area contributed by atoms with Crippen LogP contribution >= 0.6 is 0 Å². The first-order valence-corrected chi connectivity index (χ1v) is 7.48. The molecule has 4 N–H and O–H groups in total. The lowest BCUT2D eigenvalue weighted by atomic mass is 10.1. The van der Waals surface area contributed by atoms with Crippen LogP contribution in [-0.2, 0) is 14.4 Å². The summed E-state index contributed by atoms with van der Waals surface area (Å²) < 4.78 is 0. The maximum Gasteiger partial charge on any atom is 0.265 e. The minimum absolute atomic E-state index is 0.178. The highest BCUT2D eigenvalue weighted by Crippen LogP contribution is 2.14. The summed E-state index contributed by atoms with van der Waals surface area (Å²) in [4.78, 5) is 27.7. The van der Waals surface area contributed by atoms with Gasteiger partial charge in [-0.25, -0.2) is 0 Å². The number of carbonyl (C=O) groups excluding carboxylic acids is 2. The number of benzene rings is 1. The van der Waals surface area contributed by atoms with E-state index in [1.165, 1.54) is 6.92 Å². The molecule has 0 aromatic heterocycles. The molecule has 0 aliphatic rings. The van der Waals surface area contributed by atoms with Gasteiger partial charge in [0.15, 0.2) is 6.61 Å². The first-order valence-electron chi connectivity index (χ1n) is 7.48. The summed E-state index contributed by atoms with van der Waals surface area (Å²) in [6, 6.07) is 6.82. The molecule has 1 aromatic carbocycles. The lowest BCUT2D eigenvalue weighted by Gasteiger charge is -2.08. The number of amides is 2. The van der Waals surface area contributed by atoms with E-state index >= 15 is 0 Å². The fourth-order valence-corrected chi connectivity index (χ4v) is 1.73. The van der Waals surface area contributed by atoms with Gasteiger partial charge >= 0.3 is 0 Å². The molecular weight excluding hydrogens is 296 g/mol. The van der Waals surface area contributed by atoms with E-state index in [9.17, 15) is 9.59 Å². The van der Waals surface area contributed by atoms with E-state index in [4.69, 9.17) is 10.6 Å². The van der Waals surface area contributed by atoms with Crippen LogP contribution in [0.2, 0.25) is 0 Å². The Kier molecular flexibility index (Phi) is 7.59. The van der Waals surface area contributed by atoms with Crippen molar-refractivity contribution >= 4 is 29.0 Å². The van der Waals surface area contributed by atoms with Gasteiger partial charge in [0.1, 0.15) is 5.84 Å². The molecule has 0 heterocycles. The van der Waals surface area contributed by atoms with E-state index in [1.807, 2.05) is 0 Å². The molecule has 126 valence electrons. The first kappa shape index (κ1) is 18.5. The summed E-state index contributed by atoms with van der Waals surface area (Å²) in [7, 11) is 0. The summed E-state index contributed by atoms with van der Waals surface area (Å²) in [5, 5.41) is 9.01. The lowest BCUT2D eigenvalue weighted by molar-refractivity contribution is -0.120. The van der Waals surface area contributed by atoms with Crippen LogP contribution in [-0.4, -0.2) is 24.3 Å². The molecule has 0 aliphatic carbocycles. The largest absolute Gasteiger partial charge is 0.384 e. The van der Waals surface area contributed by atoms with Crippen LogP contribution in [0.4, 0.5) is 11.4 Å². The number of anilines is 2. The molecule has 7 nitrogen and oxygen atoms in total. The Morgan fingerprint density at radius 1 is 1.26 bits per heavy atom. The number of amidine groups is 1. The van der Waals surface area contributed by atoms with Crippen molar-refractivity contribution in [3.8, 4) is 0 Å². The van der Waals surface area contributed by atoms with Crippen LogP contribution in [0.25, 0.3) is 0 Å². The van der Waals surface area contributed by atoms with Crippen LogP contribution in [0.3, 0.4) is 0 Å². The van der Waals surface area contributed by atoms with Crippen molar-refractivity contribution in [2.24, 2.45) is 16.8 Å². The van der Waals surface area contributed by atoms with Gasteiger partial charge in [0.25, 0.3) is 5.91 Å². The second-order valence-electron chi connectivity index (χ2n) is 5.60. The molecule has 0 spiro atoms. The molecule has 0 fully saturated rings. The minimum atomic E-state index is -0.356. The zero-order valence-corrected chi connectivity index (χ0v) is 13.8. The third kappa shape index (κ3) is 8.45. The zero-order valence-electron chi connectivity index (χ0n) is 13.8. The Morgan fingerprint density at radius 2 is 1.91 bits per heavy atom. The average molecular weight is 320 g/mol. The van der Waals surface area contributed by atoms with Crippen molar-refractivity contribution in [3.05, 3.63) is 24.3 Å². The van der Waals surface area contributed by atoms with E-state index in [2.05, 4.69) is 29.6 Å². The summed E-state index contributed by atoms with van der Waals surface area (Å²) in [6.07, 6.45) is 1.55. The number of hydrogen-bond donors (Lipinski definition) is 3. The van der Waals surface area contributed by atoms with Crippen molar-refractivity contribution in [3.63, 3.8) is 0 Å². The molecule has 0 saturated carbocycles. The van der Waals surface area contributed by atoms with E-state index in [0.29, 0.717) is 29.5 Å². The quantitative estimate of drug-likeness (QED) is 0.388. The number of carbonyl (C=O) groups is 2. The monoisotopic (exact) mass is 320 g/mol. The van der Waals surface area contributed by atoms with Crippen LogP contribution in [0.5, 0.6) is 0 Å². The van der Waals surface area contributed by atoms with Crippen LogP contribution < -0.4 is 16.4 Å². The molecular formula is C16H24N4O3. The maximum atomic E-state index is 11.8. The van der Waals surface area contributed by atoms with Gasteiger partial charge in [-0.2, -0.15) is 0 Å². The molecule has 0 bridgehead atoms. The van der Waals surface area contributed by atoms with Gasteiger partial charge in [-0.3, -0.25) is 9.59 Å². The third-order valence-electron chi connectivity index (χ3n) is 2.82. The topological polar surface area (TPSA) is 106 Å². The molecule has 23 heavy (non-hydrogen) atoms. The van der Waals surface area contributed by atoms with Gasteiger partial charge in [0, 0.05) is 24.7 Å². The minimum Gasteiger partial charge on any atom is -0.384 e. The van der Waals surface area contributed by atoms with Gasteiger partial charge in [-0.1, -0.05) is 25.1 Å². The highest BCUT2D eigenvalue weighted by atomic mass is 16.6. The molecule has 1 rings (SSSR count). The van der Waals surface area contributed by atoms with Crippen molar-refractivity contribution in [2.75, 3.05) is 17.2 Å². The standard InChI is InChI=1S/C16H24N4O3/c1-11(2)7-8-15(17)20-23-10-16(22)19-14-6-4-5-13(9-14)18-12(3)21/h4-6,9,11H,7-8,10H2,1-3H3,(H2,17,20)(H,18,21)(H,19,22). The zero-order chi connectivity index (χ0) is 17.2. The Bertz CT molecular complexity index is 570. The number of nitrogens with one attached hydrogen (secondary N) is 2. The van der Waals surface area contributed by atoms with Crippen LogP contribution in [0, 0.1) is 5.92 Å². The molecule has 0 unspecified atom stereocenters. The van der Waals surface area contributed by atoms with E-state index in [0.717, 1.165) is 6.42 Å². The molecule has 7 heteroatoms. The first-order chi connectivity index (χ1) is 10.9. The second-order valence-corrected chi connectivity index (χ2v) is 5.60.